The first kappa shape index (κ1) is 13.4. The van der Waals surface area contributed by atoms with E-state index in [0.717, 1.165) is 37.2 Å². The summed E-state index contributed by atoms with van der Waals surface area (Å²) in [4.78, 5) is 12.1. The molecule has 0 aliphatic carbocycles. The van der Waals surface area contributed by atoms with Gasteiger partial charge in [0.1, 0.15) is 5.60 Å². The van der Waals surface area contributed by atoms with Crippen molar-refractivity contribution in [3.63, 3.8) is 0 Å². The third-order valence-electron chi connectivity index (χ3n) is 3.87. The topological polar surface area (TPSA) is 46.5 Å². The average molecular weight is 258 g/mol. The van der Waals surface area contributed by atoms with E-state index in [9.17, 15) is 9.90 Å². The Morgan fingerprint density at radius 3 is 2.65 bits per heavy atom. The molecule has 0 aromatic heterocycles. The summed E-state index contributed by atoms with van der Waals surface area (Å²) in [5, 5.41) is 9.83. The molecule has 98 valence electrons. The molecular formula is C13H22O3S. The van der Waals surface area contributed by atoms with Crippen molar-refractivity contribution >= 4 is 17.5 Å². The van der Waals surface area contributed by atoms with E-state index in [4.69, 9.17) is 4.74 Å². The minimum Gasteiger partial charge on any atom is -0.383 e. The van der Waals surface area contributed by atoms with Crippen molar-refractivity contribution < 1.29 is 14.6 Å². The summed E-state index contributed by atoms with van der Waals surface area (Å²) in [5.41, 5.74) is -1.28. The van der Waals surface area contributed by atoms with Crippen LogP contribution in [0.4, 0.5) is 0 Å². The van der Waals surface area contributed by atoms with Crippen LogP contribution >= 0.6 is 11.8 Å². The van der Waals surface area contributed by atoms with E-state index in [1.54, 1.807) is 13.8 Å². The zero-order valence-corrected chi connectivity index (χ0v) is 11.5. The summed E-state index contributed by atoms with van der Waals surface area (Å²) in [6.45, 7) is 3.85. The summed E-state index contributed by atoms with van der Waals surface area (Å²) in [6.07, 6.45) is 3.66. The molecule has 0 aromatic carbocycles. The standard InChI is InChI=1S/C13H22O3S/c1-12(2,15)11(14)10-3-6-16-13(9-10)4-7-17-8-5-13/h10,15H,3-9H2,1-2H3. The van der Waals surface area contributed by atoms with Gasteiger partial charge in [-0.1, -0.05) is 0 Å². The van der Waals surface area contributed by atoms with Crippen LogP contribution in [0.25, 0.3) is 0 Å². The predicted octanol–water partition coefficient (Wildman–Crippen LogP) is 2.02. The van der Waals surface area contributed by atoms with E-state index in [1.807, 2.05) is 11.8 Å². The smallest absolute Gasteiger partial charge is 0.167 e. The molecule has 3 nitrogen and oxygen atoms in total. The summed E-state index contributed by atoms with van der Waals surface area (Å²) < 4.78 is 5.95. The number of Topliss-reactive ketones (excluding diaryl/α,β-unsaturated/α-hetero) is 1. The van der Waals surface area contributed by atoms with E-state index in [2.05, 4.69) is 0 Å². The van der Waals surface area contributed by atoms with Gasteiger partial charge in [0.15, 0.2) is 5.78 Å². The van der Waals surface area contributed by atoms with Gasteiger partial charge in [0, 0.05) is 12.5 Å². The van der Waals surface area contributed by atoms with Gasteiger partial charge in [-0.25, -0.2) is 0 Å². The molecule has 2 fully saturated rings. The van der Waals surface area contributed by atoms with Gasteiger partial charge < -0.3 is 9.84 Å². The van der Waals surface area contributed by atoms with E-state index in [-0.39, 0.29) is 17.3 Å². The van der Waals surface area contributed by atoms with Crippen molar-refractivity contribution in [3.05, 3.63) is 0 Å². The van der Waals surface area contributed by atoms with Gasteiger partial charge >= 0.3 is 0 Å². The Kier molecular flexibility index (Phi) is 3.86. The Balaban J connectivity index is 2.04. The number of ether oxygens (including phenoxy) is 1. The Morgan fingerprint density at radius 1 is 1.41 bits per heavy atom. The number of rotatable bonds is 2. The van der Waals surface area contributed by atoms with Crippen LogP contribution in [0, 0.1) is 5.92 Å². The fourth-order valence-corrected chi connectivity index (χ4v) is 4.08. The predicted molar refractivity (Wildman–Crippen MR) is 69.3 cm³/mol. The number of carbonyl (C=O) groups is 1. The maximum absolute atomic E-state index is 12.1. The fraction of sp³-hybridized carbons (Fsp3) is 0.923. The molecular weight excluding hydrogens is 236 g/mol. The largest absolute Gasteiger partial charge is 0.383 e. The Bertz CT molecular complexity index is 284. The summed E-state index contributed by atoms with van der Waals surface area (Å²) in [6, 6.07) is 0. The molecule has 0 saturated carbocycles. The molecule has 2 heterocycles. The lowest BCUT2D eigenvalue weighted by Gasteiger charge is -2.43. The summed E-state index contributed by atoms with van der Waals surface area (Å²) in [5.74, 6) is 2.22. The molecule has 0 bridgehead atoms. The molecule has 0 aromatic rings. The number of carbonyl (C=O) groups excluding carboxylic acids is 1. The lowest BCUT2D eigenvalue weighted by atomic mass is 9.77. The third-order valence-corrected chi connectivity index (χ3v) is 4.86. The number of hydrogen-bond acceptors (Lipinski definition) is 4. The van der Waals surface area contributed by atoms with Gasteiger partial charge in [0.25, 0.3) is 0 Å². The Morgan fingerprint density at radius 2 is 2.06 bits per heavy atom. The molecule has 2 rings (SSSR count). The molecule has 0 amide bonds. The first-order chi connectivity index (χ1) is 7.93. The Labute approximate surface area is 107 Å². The number of ketones is 1. The van der Waals surface area contributed by atoms with Crippen LogP contribution in [-0.2, 0) is 9.53 Å². The maximum Gasteiger partial charge on any atom is 0.167 e. The van der Waals surface area contributed by atoms with Crippen LogP contribution in [0.5, 0.6) is 0 Å². The SMILES string of the molecule is CC(C)(O)C(=O)C1CCOC2(CCSCC2)C1. The van der Waals surface area contributed by atoms with Crippen LogP contribution in [0.1, 0.15) is 39.5 Å². The third kappa shape index (κ3) is 3.04. The van der Waals surface area contributed by atoms with Crippen LogP contribution in [-0.4, -0.2) is 40.2 Å². The number of aliphatic hydroxyl groups is 1. The lowest BCUT2D eigenvalue weighted by Crippen LogP contribution is -2.48. The summed E-state index contributed by atoms with van der Waals surface area (Å²) in [7, 11) is 0. The van der Waals surface area contributed by atoms with Crippen LogP contribution in [0.3, 0.4) is 0 Å². The average Bonchev–Trinajstić information content (AvgIpc) is 2.28. The quantitative estimate of drug-likeness (QED) is 0.823. The molecule has 1 spiro atoms. The molecule has 2 aliphatic rings. The zero-order chi connectivity index (χ0) is 12.5. The van der Waals surface area contributed by atoms with E-state index >= 15 is 0 Å². The molecule has 1 atom stereocenters. The molecule has 4 heteroatoms. The zero-order valence-electron chi connectivity index (χ0n) is 10.7. The maximum atomic E-state index is 12.1. The summed E-state index contributed by atoms with van der Waals surface area (Å²) >= 11 is 1.96. The minimum atomic E-state index is -1.20. The van der Waals surface area contributed by atoms with E-state index < -0.39 is 5.60 Å². The van der Waals surface area contributed by atoms with Crippen molar-refractivity contribution in [2.75, 3.05) is 18.1 Å². The highest BCUT2D eigenvalue weighted by atomic mass is 32.2. The van der Waals surface area contributed by atoms with Gasteiger partial charge in [-0.15, -0.1) is 0 Å². The molecule has 2 saturated heterocycles. The molecule has 1 unspecified atom stereocenters. The van der Waals surface area contributed by atoms with Gasteiger partial charge in [0.05, 0.1) is 5.60 Å². The van der Waals surface area contributed by atoms with Crippen LogP contribution in [0.2, 0.25) is 0 Å². The molecule has 1 N–H and O–H groups in total. The highest BCUT2D eigenvalue weighted by Crippen LogP contribution is 2.40. The van der Waals surface area contributed by atoms with E-state index in [1.165, 1.54) is 0 Å². The normalized spacial score (nSPS) is 29.2. The van der Waals surface area contributed by atoms with Crippen molar-refractivity contribution in [1.29, 1.82) is 0 Å². The number of hydrogen-bond donors (Lipinski definition) is 1. The van der Waals surface area contributed by atoms with Gasteiger partial charge in [0.2, 0.25) is 0 Å². The molecule has 17 heavy (non-hydrogen) atoms. The highest BCUT2D eigenvalue weighted by Gasteiger charge is 2.43. The molecule has 2 aliphatic heterocycles. The van der Waals surface area contributed by atoms with Crippen LogP contribution < -0.4 is 0 Å². The van der Waals surface area contributed by atoms with Gasteiger partial charge in [-0.2, -0.15) is 11.8 Å². The fourth-order valence-electron chi connectivity index (χ4n) is 2.84. The van der Waals surface area contributed by atoms with Crippen LogP contribution in [0.15, 0.2) is 0 Å². The van der Waals surface area contributed by atoms with Crippen molar-refractivity contribution in [1.82, 2.24) is 0 Å². The molecule has 0 radical (unpaired) electrons. The van der Waals surface area contributed by atoms with Crippen molar-refractivity contribution in [2.45, 2.75) is 50.7 Å². The van der Waals surface area contributed by atoms with Crippen molar-refractivity contribution in [3.8, 4) is 0 Å². The van der Waals surface area contributed by atoms with E-state index in [0.29, 0.717) is 6.61 Å². The van der Waals surface area contributed by atoms with Gasteiger partial charge in [-0.3, -0.25) is 4.79 Å². The first-order valence-corrected chi connectivity index (χ1v) is 7.57. The first-order valence-electron chi connectivity index (χ1n) is 6.41. The highest BCUT2D eigenvalue weighted by molar-refractivity contribution is 7.99. The Hall–Kier alpha value is -0.0600. The van der Waals surface area contributed by atoms with Gasteiger partial charge in [-0.05, 0) is 51.0 Å². The second kappa shape index (κ2) is 4.90. The second-order valence-corrected chi connectivity index (χ2v) is 6.98. The monoisotopic (exact) mass is 258 g/mol. The number of thioether (sulfide) groups is 1. The van der Waals surface area contributed by atoms with Crippen molar-refractivity contribution in [2.24, 2.45) is 5.92 Å². The second-order valence-electron chi connectivity index (χ2n) is 5.76. The minimum absolute atomic E-state index is 0.0154. The lowest BCUT2D eigenvalue weighted by molar-refractivity contribution is -0.151.